The number of amidine groups is 1. The Labute approximate surface area is 179 Å². The fourth-order valence-electron chi connectivity index (χ4n) is 2.56. The summed E-state index contributed by atoms with van der Waals surface area (Å²) in [6, 6.07) is 11.2. The van der Waals surface area contributed by atoms with Gasteiger partial charge in [-0.15, -0.1) is 6.42 Å². The molecule has 2 aromatic carbocycles. The zero-order valence-corrected chi connectivity index (χ0v) is 17.6. The van der Waals surface area contributed by atoms with Crippen LogP contribution in [-0.2, 0) is 4.79 Å². The van der Waals surface area contributed by atoms with Gasteiger partial charge in [-0.1, -0.05) is 35.2 Å². The molecule has 7 heteroatoms. The van der Waals surface area contributed by atoms with Gasteiger partial charge in [-0.3, -0.25) is 4.79 Å². The lowest BCUT2D eigenvalue weighted by Crippen LogP contribution is -2.19. The van der Waals surface area contributed by atoms with Gasteiger partial charge < -0.3 is 14.8 Å². The second-order valence-electron chi connectivity index (χ2n) is 6.07. The van der Waals surface area contributed by atoms with Crippen molar-refractivity contribution in [2.75, 3.05) is 13.2 Å². The highest BCUT2D eigenvalue weighted by atomic mass is 35.5. The van der Waals surface area contributed by atoms with Crippen molar-refractivity contribution >= 4 is 46.2 Å². The summed E-state index contributed by atoms with van der Waals surface area (Å²) in [6.07, 6.45) is 6.99. The van der Waals surface area contributed by atoms with Crippen LogP contribution < -0.4 is 14.8 Å². The number of halogens is 1. The molecule has 0 saturated carbocycles. The summed E-state index contributed by atoms with van der Waals surface area (Å²) in [6.45, 7) is 4.38. The minimum Gasteiger partial charge on any atom is -0.490 e. The molecule has 29 heavy (non-hydrogen) atoms. The minimum absolute atomic E-state index is 0.0807. The van der Waals surface area contributed by atoms with E-state index in [9.17, 15) is 4.79 Å². The van der Waals surface area contributed by atoms with Gasteiger partial charge in [0, 0.05) is 0 Å². The van der Waals surface area contributed by atoms with Crippen molar-refractivity contribution in [3.63, 3.8) is 0 Å². The molecule has 1 N–H and O–H groups in total. The third kappa shape index (κ3) is 5.35. The maximum Gasteiger partial charge on any atom is 0.264 e. The predicted molar refractivity (Wildman–Crippen MR) is 119 cm³/mol. The average molecular weight is 427 g/mol. The van der Waals surface area contributed by atoms with E-state index in [2.05, 4.69) is 16.2 Å². The van der Waals surface area contributed by atoms with Gasteiger partial charge in [0.15, 0.2) is 16.7 Å². The van der Waals surface area contributed by atoms with Gasteiger partial charge in [-0.25, -0.2) is 4.99 Å². The van der Waals surface area contributed by atoms with Gasteiger partial charge in [0.05, 0.1) is 22.2 Å². The van der Waals surface area contributed by atoms with Crippen LogP contribution in [0.3, 0.4) is 0 Å². The number of amides is 1. The molecule has 0 aliphatic carbocycles. The van der Waals surface area contributed by atoms with Gasteiger partial charge in [0.1, 0.15) is 6.61 Å². The number of hydrogen-bond acceptors (Lipinski definition) is 5. The number of benzene rings is 2. The van der Waals surface area contributed by atoms with Crippen molar-refractivity contribution in [1.82, 2.24) is 5.32 Å². The Morgan fingerprint density at radius 1 is 1.28 bits per heavy atom. The standard InChI is InChI=1S/C22H19ClN2O3S/c1-4-10-28-20-17(23)11-15(12-18(20)27-5-2)13-19-21(26)25-22(29-19)24-16-8-6-14(3)7-9-16/h1,6-9,11-13H,5,10H2,2-3H3,(H,24,25,26)/b19-13+. The van der Waals surface area contributed by atoms with E-state index in [0.717, 1.165) is 11.3 Å². The largest absolute Gasteiger partial charge is 0.490 e. The Morgan fingerprint density at radius 2 is 2.03 bits per heavy atom. The number of aryl methyl sites for hydroxylation is 1. The molecule has 3 rings (SSSR count). The first kappa shape index (κ1) is 20.8. The second-order valence-corrected chi connectivity index (χ2v) is 7.51. The topological polar surface area (TPSA) is 59.9 Å². The van der Waals surface area contributed by atoms with Crippen LogP contribution in [0, 0.1) is 19.3 Å². The quantitative estimate of drug-likeness (QED) is 0.524. The van der Waals surface area contributed by atoms with Gasteiger partial charge >= 0.3 is 0 Å². The van der Waals surface area contributed by atoms with E-state index in [0.29, 0.717) is 38.8 Å². The average Bonchev–Trinajstić information content (AvgIpc) is 3.02. The van der Waals surface area contributed by atoms with Gasteiger partial charge in [-0.05, 0) is 61.5 Å². The summed E-state index contributed by atoms with van der Waals surface area (Å²) in [5.74, 6) is 3.04. The van der Waals surface area contributed by atoms with E-state index in [-0.39, 0.29) is 12.5 Å². The molecule has 1 amide bonds. The predicted octanol–water partition coefficient (Wildman–Crippen LogP) is 4.95. The molecule has 5 nitrogen and oxygen atoms in total. The monoisotopic (exact) mass is 426 g/mol. The molecule has 0 aromatic heterocycles. The van der Waals surface area contributed by atoms with E-state index < -0.39 is 0 Å². The lowest BCUT2D eigenvalue weighted by molar-refractivity contribution is -0.115. The molecule has 0 unspecified atom stereocenters. The zero-order chi connectivity index (χ0) is 20.8. The van der Waals surface area contributed by atoms with Gasteiger partial charge in [0.25, 0.3) is 5.91 Å². The molecular formula is C22H19ClN2O3S. The first-order valence-corrected chi connectivity index (χ1v) is 10.1. The molecule has 0 bridgehead atoms. The first-order chi connectivity index (χ1) is 14.0. The Hall–Kier alpha value is -2.88. The van der Waals surface area contributed by atoms with Crippen LogP contribution in [-0.4, -0.2) is 24.3 Å². The lowest BCUT2D eigenvalue weighted by atomic mass is 10.2. The van der Waals surface area contributed by atoms with E-state index in [1.54, 1.807) is 18.2 Å². The molecule has 1 aliphatic heterocycles. The molecule has 0 spiro atoms. The molecule has 1 saturated heterocycles. The number of hydrogen-bond donors (Lipinski definition) is 1. The number of terminal acetylenes is 1. The number of ether oxygens (including phenoxy) is 2. The Morgan fingerprint density at radius 3 is 2.72 bits per heavy atom. The van der Waals surface area contributed by atoms with Crippen LogP contribution in [0.4, 0.5) is 5.69 Å². The fraction of sp³-hybridized carbons (Fsp3) is 0.182. The van der Waals surface area contributed by atoms with Crippen LogP contribution in [0.1, 0.15) is 18.1 Å². The maximum absolute atomic E-state index is 12.3. The summed E-state index contributed by atoms with van der Waals surface area (Å²) in [7, 11) is 0. The van der Waals surface area contributed by atoms with Crippen molar-refractivity contribution in [2.45, 2.75) is 13.8 Å². The van der Waals surface area contributed by atoms with Crippen LogP contribution >= 0.6 is 23.4 Å². The second kappa shape index (κ2) is 9.55. The Bertz CT molecular complexity index is 1020. The van der Waals surface area contributed by atoms with E-state index in [1.807, 2.05) is 38.1 Å². The van der Waals surface area contributed by atoms with Crippen LogP contribution in [0.5, 0.6) is 11.5 Å². The first-order valence-electron chi connectivity index (χ1n) is 8.89. The van der Waals surface area contributed by atoms with Crippen LogP contribution in [0.15, 0.2) is 46.3 Å². The van der Waals surface area contributed by atoms with Crippen molar-refractivity contribution in [3.8, 4) is 23.8 Å². The van der Waals surface area contributed by atoms with Gasteiger partial charge in [-0.2, -0.15) is 0 Å². The highest BCUT2D eigenvalue weighted by Gasteiger charge is 2.24. The summed E-state index contributed by atoms with van der Waals surface area (Å²) in [4.78, 5) is 17.3. The van der Waals surface area contributed by atoms with Crippen molar-refractivity contribution in [2.24, 2.45) is 4.99 Å². The molecule has 0 atom stereocenters. The molecule has 1 heterocycles. The molecular weight excluding hydrogens is 408 g/mol. The highest BCUT2D eigenvalue weighted by Crippen LogP contribution is 2.38. The fourth-order valence-corrected chi connectivity index (χ4v) is 3.67. The summed E-state index contributed by atoms with van der Waals surface area (Å²) in [5.41, 5.74) is 2.63. The van der Waals surface area contributed by atoms with Crippen molar-refractivity contribution in [3.05, 3.63) is 57.5 Å². The van der Waals surface area contributed by atoms with E-state index in [1.165, 1.54) is 11.8 Å². The summed E-state index contributed by atoms with van der Waals surface area (Å²) >= 11 is 7.61. The number of rotatable bonds is 6. The molecule has 1 fully saturated rings. The zero-order valence-electron chi connectivity index (χ0n) is 16.0. The molecule has 0 radical (unpaired) electrons. The Kier molecular flexibility index (Phi) is 6.86. The SMILES string of the molecule is C#CCOc1c(Cl)cc(/C=C2/SC(=Nc3ccc(C)cc3)NC2=O)cc1OCC. The number of aliphatic imine (C=N–C) groups is 1. The number of carbonyl (C=O) groups excluding carboxylic acids is 1. The molecule has 1 aliphatic rings. The third-order valence-corrected chi connectivity index (χ3v) is 5.04. The van der Waals surface area contributed by atoms with E-state index >= 15 is 0 Å². The molecule has 2 aromatic rings. The minimum atomic E-state index is -0.220. The van der Waals surface area contributed by atoms with E-state index in [4.69, 9.17) is 27.5 Å². The number of carbonyl (C=O) groups is 1. The van der Waals surface area contributed by atoms with Crippen molar-refractivity contribution in [1.29, 1.82) is 0 Å². The Balaban J connectivity index is 1.86. The number of nitrogens with one attached hydrogen (secondary N) is 1. The highest BCUT2D eigenvalue weighted by molar-refractivity contribution is 8.18. The third-order valence-electron chi connectivity index (χ3n) is 3.84. The normalized spacial score (nSPS) is 16.0. The maximum atomic E-state index is 12.3. The van der Waals surface area contributed by atoms with Crippen LogP contribution in [0.25, 0.3) is 6.08 Å². The number of thioether (sulfide) groups is 1. The molecule has 148 valence electrons. The van der Waals surface area contributed by atoms with Crippen LogP contribution in [0.2, 0.25) is 5.02 Å². The summed E-state index contributed by atoms with van der Waals surface area (Å²) in [5, 5.41) is 3.66. The summed E-state index contributed by atoms with van der Waals surface area (Å²) < 4.78 is 11.1. The lowest BCUT2D eigenvalue weighted by Gasteiger charge is -2.13. The smallest absolute Gasteiger partial charge is 0.264 e. The van der Waals surface area contributed by atoms with Gasteiger partial charge in [0.2, 0.25) is 0 Å². The number of nitrogens with zero attached hydrogens (tertiary/aromatic N) is 1. The van der Waals surface area contributed by atoms with Crippen molar-refractivity contribution < 1.29 is 14.3 Å².